The first-order chi connectivity index (χ1) is 10.1. The van der Waals surface area contributed by atoms with Crippen LogP contribution in [-0.4, -0.2) is 28.8 Å². The first-order valence-corrected chi connectivity index (χ1v) is 8.09. The number of carbonyl (C=O) groups excluding carboxylic acids is 1. The largest absolute Gasteiger partial charge is 0.381 e. The minimum absolute atomic E-state index is 0.116. The normalized spacial score (nSPS) is 15.1. The van der Waals surface area contributed by atoms with Crippen LogP contribution in [0.1, 0.15) is 32.1 Å². The number of halogens is 1. The van der Waals surface area contributed by atoms with E-state index in [1.165, 1.54) is 30.4 Å². The summed E-state index contributed by atoms with van der Waals surface area (Å²) in [6, 6.07) is 0. The number of nitrogens with one attached hydrogen (secondary N) is 2. The van der Waals surface area contributed by atoms with Crippen molar-refractivity contribution in [2.24, 2.45) is 13.0 Å². The van der Waals surface area contributed by atoms with Gasteiger partial charge in [-0.25, -0.2) is 4.68 Å². The van der Waals surface area contributed by atoms with Gasteiger partial charge in [-0.2, -0.15) is 5.10 Å². The van der Waals surface area contributed by atoms with E-state index in [4.69, 9.17) is 0 Å². The number of aromatic nitrogens is 2. The van der Waals surface area contributed by atoms with E-state index in [0.29, 0.717) is 35.6 Å². The number of hydrogen-bond donors (Lipinski definition) is 2. The number of rotatable bonds is 6. The van der Waals surface area contributed by atoms with E-state index in [9.17, 15) is 9.59 Å². The van der Waals surface area contributed by atoms with Crippen LogP contribution < -0.4 is 16.2 Å². The molecule has 0 atom stereocenters. The summed E-state index contributed by atoms with van der Waals surface area (Å²) in [5.41, 5.74) is 0.452. The highest BCUT2D eigenvalue weighted by molar-refractivity contribution is 9.10. The summed E-state index contributed by atoms with van der Waals surface area (Å²) in [6.07, 6.45) is 7.09. The molecule has 21 heavy (non-hydrogen) atoms. The molecule has 116 valence electrons. The molecule has 6 nitrogen and oxygen atoms in total. The summed E-state index contributed by atoms with van der Waals surface area (Å²) < 4.78 is 1.72. The molecule has 0 spiro atoms. The molecule has 1 saturated carbocycles. The lowest BCUT2D eigenvalue weighted by atomic mass is 10.0. The maximum absolute atomic E-state index is 11.8. The van der Waals surface area contributed by atoms with Crippen LogP contribution in [0.4, 0.5) is 5.69 Å². The van der Waals surface area contributed by atoms with Crippen LogP contribution in [0.2, 0.25) is 0 Å². The fraction of sp³-hybridized carbons (Fsp3) is 0.643. The predicted molar refractivity (Wildman–Crippen MR) is 85.3 cm³/mol. The maximum Gasteiger partial charge on any atom is 0.282 e. The van der Waals surface area contributed by atoms with Gasteiger partial charge in [0.1, 0.15) is 4.47 Å². The van der Waals surface area contributed by atoms with Gasteiger partial charge in [-0.1, -0.05) is 12.8 Å². The molecule has 0 radical (unpaired) electrons. The Morgan fingerprint density at radius 2 is 2.14 bits per heavy atom. The number of aryl methyl sites for hydroxylation is 1. The van der Waals surface area contributed by atoms with Crippen molar-refractivity contribution < 1.29 is 4.79 Å². The van der Waals surface area contributed by atoms with Crippen LogP contribution in [0.3, 0.4) is 0 Å². The Morgan fingerprint density at radius 1 is 1.43 bits per heavy atom. The molecule has 0 aromatic carbocycles. The van der Waals surface area contributed by atoms with Gasteiger partial charge in [-0.3, -0.25) is 9.59 Å². The molecule has 0 bridgehead atoms. The minimum Gasteiger partial charge on any atom is -0.381 e. The lowest BCUT2D eigenvalue weighted by molar-refractivity contribution is -0.121. The molecule has 2 N–H and O–H groups in total. The van der Waals surface area contributed by atoms with Gasteiger partial charge < -0.3 is 10.6 Å². The van der Waals surface area contributed by atoms with E-state index in [2.05, 4.69) is 31.7 Å². The average molecular weight is 357 g/mol. The van der Waals surface area contributed by atoms with E-state index in [1.807, 2.05) is 0 Å². The number of hydrogen-bond acceptors (Lipinski definition) is 4. The average Bonchev–Trinajstić information content (AvgIpc) is 2.96. The van der Waals surface area contributed by atoms with Gasteiger partial charge in [0.05, 0.1) is 11.9 Å². The Bertz CT molecular complexity index is 552. The van der Waals surface area contributed by atoms with Gasteiger partial charge in [-0.15, -0.1) is 0 Å². The molecule has 1 amide bonds. The van der Waals surface area contributed by atoms with Crippen molar-refractivity contribution in [1.29, 1.82) is 0 Å². The lowest BCUT2D eigenvalue weighted by Gasteiger charge is -2.11. The van der Waals surface area contributed by atoms with Crippen LogP contribution in [0, 0.1) is 5.92 Å². The monoisotopic (exact) mass is 356 g/mol. The summed E-state index contributed by atoms with van der Waals surface area (Å²) in [5.74, 6) is 0.679. The molecule has 1 aliphatic carbocycles. The number of carbonyl (C=O) groups is 1. The maximum atomic E-state index is 11.8. The van der Waals surface area contributed by atoms with Crippen molar-refractivity contribution in [3.8, 4) is 0 Å². The van der Waals surface area contributed by atoms with Crippen molar-refractivity contribution >= 4 is 27.5 Å². The zero-order valence-electron chi connectivity index (χ0n) is 12.2. The van der Waals surface area contributed by atoms with E-state index in [-0.39, 0.29) is 11.5 Å². The van der Waals surface area contributed by atoms with Crippen LogP contribution in [0.25, 0.3) is 0 Å². The van der Waals surface area contributed by atoms with Gasteiger partial charge in [0.2, 0.25) is 5.91 Å². The van der Waals surface area contributed by atoms with Crippen molar-refractivity contribution in [2.75, 3.05) is 18.4 Å². The standard InChI is InChI=1S/C14H21BrN4O2/c1-19-14(21)13(15)11(9-18-19)16-6-7-17-12(20)8-10-4-2-3-5-10/h9-10,16H,2-8H2,1H3,(H,17,20). The molecular weight excluding hydrogens is 336 g/mol. The summed E-state index contributed by atoms with van der Waals surface area (Å²) in [5, 5.41) is 9.94. The van der Waals surface area contributed by atoms with E-state index in [0.717, 1.165) is 0 Å². The smallest absolute Gasteiger partial charge is 0.282 e. The van der Waals surface area contributed by atoms with Crippen LogP contribution in [0.15, 0.2) is 15.5 Å². The van der Waals surface area contributed by atoms with Gasteiger partial charge >= 0.3 is 0 Å². The summed E-state index contributed by atoms with van der Waals surface area (Å²) in [7, 11) is 1.60. The van der Waals surface area contributed by atoms with Gasteiger partial charge in [0.25, 0.3) is 5.56 Å². The summed E-state index contributed by atoms with van der Waals surface area (Å²) >= 11 is 3.25. The van der Waals surface area contributed by atoms with Crippen molar-refractivity contribution in [3.05, 3.63) is 21.0 Å². The molecule has 0 saturated heterocycles. The third kappa shape index (κ3) is 4.56. The molecular formula is C14H21BrN4O2. The Hall–Kier alpha value is -1.37. The highest BCUT2D eigenvalue weighted by atomic mass is 79.9. The topological polar surface area (TPSA) is 76.0 Å². The van der Waals surface area contributed by atoms with Gasteiger partial charge in [-0.05, 0) is 34.7 Å². The molecule has 7 heteroatoms. The Kier molecular flexibility index (Phi) is 5.78. The Labute approximate surface area is 132 Å². The molecule has 0 aliphatic heterocycles. The SMILES string of the molecule is Cn1ncc(NCCNC(=O)CC2CCCC2)c(Br)c1=O. The second kappa shape index (κ2) is 7.59. The zero-order chi connectivity index (χ0) is 15.2. The third-order valence-corrected chi connectivity index (χ3v) is 4.56. The summed E-state index contributed by atoms with van der Waals surface area (Å²) in [6.45, 7) is 1.09. The van der Waals surface area contributed by atoms with Crippen LogP contribution in [-0.2, 0) is 11.8 Å². The van der Waals surface area contributed by atoms with Crippen molar-refractivity contribution in [1.82, 2.24) is 15.1 Å². The number of nitrogens with zero attached hydrogens (tertiary/aromatic N) is 2. The molecule has 1 heterocycles. The van der Waals surface area contributed by atoms with Gasteiger partial charge in [0.15, 0.2) is 0 Å². The zero-order valence-corrected chi connectivity index (χ0v) is 13.8. The quantitative estimate of drug-likeness (QED) is 0.760. The minimum atomic E-state index is -0.190. The second-order valence-corrected chi connectivity index (χ2v) is 6.23. The Balaban J connectivity index is 1.71. The van der Waals surface area contributed by atoms with Crippen molar-refractivity contribution in [3.63, 3.8) is 0 Å². The van der Waals surface area contributed by atoms with E-state index in [1.54, 1.807) is 13.2 Å². The third-order valence-electron chi connectivity index (χ3n) is 3.79. The summed E-state index contributed by atoms with van der Waals surface area (Å²) in [4.78, 5) is 23.4. The van der Waals surface area contributed by atoms with Crippen LogP contribution in [0.5, 0.6) is 0 Å². The van der Waals surface area contributed by atoms with E-state index < -0.39 is 0 Å². The molecule has 1 aromatic rings. The fourth-order valence-corrected chi connectivity index (χ4v) is 3.08. The highest BCUT2D eigenvalue weighted by Crippen LogP contribution is 2.27. The molecule has 1 aliphatic rings. The Morgan fingerprint density at radius 3 is 2.86 bits per heavy atom. The first kappa shape index (κ1) is 16.0. The van der Waals surface area contributed by atoms with Crippen molar-refractivity contribution in [2.45, 2.75) is 32.1 Å². The van der Waals surface area contributed by atoms with E-state index >= 15 is 0 Å². The van der Waals surface area contributed by atoms with Gasteiger partial charge in [0, 0.05) is 26.6 Å². The lowest BCUT2D eigenvalue weighted by Crippen LogP contribution is -2.30. The molecule has 1 fully saturated rings. The highest BCUT2D eigenvalue weighted by Gasteiger charge is 2.17. The van der Waals surface area contributed by atoms with Crippen LogP contribution >= 0.6 is 15.9 Å². The predicted octanol–water partition coefficient (Wildman–Crippen LogP) is 1.65. The molecule has 0 unspecified atom stereocenters. The second-order valence-electron chi connectivity index (χ2n) is 5.43. The first-order valence-electron chi connectivity index (χ1n) is 7.30. The number of anilines is 1. The number of amides is 1. The molecule has 1 aromatic heterocycles. The molecule has 2 rings (SSSR count). The fourth-order valence-electron chi connectivity index (χ4n) is 2.58.